The van der Waals surface area contributed by atoms with Gasteiger partial charge in [-0.1, -0.05) is 59.6 Å². The Kier molecular flexibility index (Phi) is 6.46. The highest BCUT2D eigenvalue weighted by molar-refractivity contribution is 6.35. The fourth-order valence-electron chi connectivity index (χ4n) is 2.20. The van der Waals surface area contributed by atoms with Crippen LogP contribution in [0.15, 0.2) is 48.5 Å². The summed E-state index contributed by atoms with van der Waals surface area (Å²) in [5, 5.41) is 6.19. The first kappa shape index (κ1) is 18.1. The molecule has 0 aliphatic rings. The summed E-state index contributed by atoms with van der Waals surface area (Å²) in [7, 11) is 0. The van der Waals surface area contributed by atoms with Gasteiger partial charge >= 0.3 is 6.03 Å². The van der Waals surface area contributed by atoms with Gasteiger partial charge in [0.1, 0.15) is 6.04 Å². The lowest BCUT2D eigenvalue weighted by atomic mass is 10.1. The molecule has 0 aliphatic heterocycles. The van der Waals surface area contributed by atoms with E-state index in [2.05, 4.69) is 10.6 Å². The maximum atomic E-state index is 12.4. The number of urea groups is 1. The van der Waals surface area contributed by atoms with E-state index in [-0.39, 0.29) is 12.5 Å². The van der Waals surface area contributed by atoms with Crippen molar-refractivity contribution in [1.82, 2.24) is 10.6 Å². The Hall–Kier alpha value is -2.24. The number of amides is 3. The molecule has 7 heteroatoms. The van der Waals surface area contributed by atoms with Gasteiger partial charge in [-0.25, -0.2) is 4.79 Å². The Morgan fingerprint density at radius 3 is 2.42 bits per heavy atom. The number of primary amides is 1. The zero-order chi connectivity index (χ0) is 17.5. The van der Waals surface area contributed by atoms with Crippen LogP contribution in [0.5, 0.6) is 0 Å². The second kappa shape index (κ2) is 8.57. The summed E-state index contributed by atoms with van der Waals surface area (Å²) >= 11 is 11.9. The van der Waals surface area contributed by atoms with E-state index in [0.29, 0.717) is 16.5 Å². The highest BCUT2D eigenvalue weighted by Gasteiger charge is 2.20. The molecule has 5 nitrogen and oxygen atoms in total. The number of nitrogens with one attached hydrogen (secondary N) is 2. The maximum Gasteiger partial charge on any atom is 0.312 e. The third-order valence-corrected chi connectivity index (χ3v) is 3.97. The van der Waals surface area contributed by atoms with Crippen molar-refractivity contribution in [3.63, 3.8) is 0 Å². The Labute approximate surface area is 150 Å². The molecule has 0 bridgehead atoms. The van der Waals surface area contributed by atoms with Gasteiger partial charge in [-0.2, -0.15) is 0 Å². The molecule has 4 N–H and O–H groups in total. The molecule has 2 aromatic carbocycles. The van der Waals surface area contributed by atoms with Crippen LogP contribution in [0, 0.1) is 0 Å². The van der Waals surface area contributed by atoms with Gasteiger partial charge in [-0.15, -0.1) is 0 Å². The molecule has 24 heavy (non-hydrogen) atoms. The van der Waals surface area contributed by atoms with Gasteiger partial charge in [0.05, 0.1) is 0 Å². The monoisotopic (exact) mass is 365 g/mol. The van der Waals surface area contributed by atoms with Crippen LogP contribution in [-0.2, 0) is 17.8 Å². The molecule has 126 valence electrons. The van der Waals surface area contributed by atoms with Gasteiger partial charge in [0, 0.05) is 23.0 Å². The van der Waals surface area contributed by atoms with E-state index in [1.807, 2.05) is 30.3 Å². The summed E-state index contributed by atoms with van der Waals surface area (Å²) in [6.45, 7) is 0.223. The predicted octanol–water partition coefficient (Wildman–Crippen LogP) is 2.89. The molecule has 0 radical (unpaired) electrons. The number of hydrogen-bond donors (Lipinski definition) is 3. The number of carbonyl (C=O) groups excluding carboxylic acids is 2. The van der Waals surface area contributed by atoms with Gasteiger partial charge < -0.3 is 16.4 Å². The van der Waals surface area contributed by atoms with Crippen LogP contribution in [0.25, 0.3) is 0 Å². The lowest BCUT2D eigenvalue weighted by Gasteiger charge is -2.18. The number of carbonyl (C=O) groups is 2. The molecule has 1 unspecified atom stereocenters. The number of hydrogen-bond acceptors (Lipinski definition) is 2. The first-order valence-corrected chi connectivity index (χ1v) is 8.03. The zero-order valence-corrected chi connectivity index (χ0v) is 14.3. The van der Waals surface area contributed by atoms with Crippen LogP contribution in [0.3, 0.4) is 0 Å². The second-order valence-electron chi connectivity index (χ2n) is 5.20. The minimum atomic E-state index is -0.768. The van der Waals surface area contributed by atoms with Gasteiger partial charge in [0.15, 0.2) is 0 Å². The van der Waals surface area contributed by atoms with Gasteiger partial charge in [0.2, 0.25) is 5.91 Å². The molecule has 0 aromatic heterocycles. The molecular weight excluding hydrogens is 349 g/mol. The van der Waals surface area contributed by atoms with Crippen LogP contribution in [0.2, 0.25) is 10.0 Å². The van der Waals surface area contributed by atoms with Crippen molar-refractivity contribution in [3.05, 3.63) is 69.7 Å². The van der Waals surface area contributed by atoms with Crippen LogP contribution in [0.1, 0.15) is 11.1 Å². The van der Waals surface area contributed by atoms with Crippen LogP contribution >= 0.6 is 23.2 Å². The molecule has 3 amide bonds. The lowest BCUT2D eigenvalue weighted by Crippen LogP contribution is -2.49. The number of rotatable bonds is 6. The molecule has 0 aliphatic carbocycles. The standard InChI is InChI=1S/C17H17Cl2N3O2/c18-13-7-6-12(14(19)9-13)10-21-16(23)15(22-17(20)24)8-11-4-2-1-3-5-11/h1-7,9,15H,8,10H2,(H,21,23)(H3,20,22,24). The Balaban J connectivity index is 2.03. The Morgan fingerprint density at radius 1 is 1.08 bits per heavy atom. The molecule has 0 heterocycles. The second-order valence-corrected chi connectivity index (χ2v) is 6.05. The summed E-state index contributed by atoms with van der Waals surface area (Å²) in [5.74, 6) is -0.344. The Morgan fingerprint density at radius 2 is 1.79 bits per heavy atom. The molecular formula is C17H17Cl2N3O2. The van der Waals surface area contributed by atoms with Gasteiger partial charge in [0.25, 0.3) is 0 Å². The molecule has 1 atom stereocenters. The largest absolute Gasteiger partial charge is 0.352 e. The predicted molar refractivity (Wildman–Crippen MR) is 95.0 cm³/mol. The fourth-order valence-corrected chi connectivity index (χ4v) is 2.68. The van der Waals surface area contributed by atoms with E-state index in [1.54, 1.807) is 18.2 Å². The fraction of sp³-hybridized carbons (Fsp3) is 0.176. The van der Waals surface area contributed by atoms with E-state index < -0.39 is 12.1 Å². The molecule has 0 saturated heterocycles. The summed E-state index contributed by atoms with van der Waals surface area (Å²) < 4.78 is 0. The lowest BCUT2D eigenvalue weighted by molar-refractivity contribution is -0.123. The molecule has 0 saturated carbocycles. The summed E-state index contributed by atoms with van der Waals surface area (Å²) in [5.41, 5.74) is 6.81. The normalized spacial score (nSPS) is 11.6. The first-order valence-electron chi connectivity index (χ1n) is 7.27. The summed E-state index contributed by atoms with van der Waals surface area (Å²) in [6, 6.07) is 12.9. The van der Waals surface area contributed by atoms with E-state index >= 15 is 0 Å². The van der Waals surface area contributed by atoms with E-state index in [9.17, 15) is 9.59 Å². The number of benzene rings is 2. The van der Waals surface area contributed by atoms with E-state index in [1.165, 1.54) is 0 Å². The SMILES string of the molecule is NC(=O)NC(Cc1ccccc1)C(=O)NCc1ccc(Cl)cc1Cl. The van der Waals surface area contributed by atoms with Crippen LogP contribution in [-0.4, -0.2) is 18.0 Å². The summed E-state index contributed by atoms with van der Waals surface area (Å²) in [4.78, 5) is 23.5. The van der Waals surface area contributed by atoms with E-state index in [0.717, 1.165) is 11.1 Å². The van der Waals surface area contributed by atoms with Crippen molar-refractivity contribution in [3.8, 4) is 0 Å². The summed E-state index contributed by atoms with van der Waals surface area (Å²) in [6.07, 6.45) is 0.337. The third kappa shape index (κ3) is 5.44. The first-order chi connectivity index (χ1) is 11.5. The smallest absolute Gasteiger partial charge is 0.312 e. The number of halogens is 2. The Bertz CT molecular complexity index is 723. The molecule has 0 spiro atoms. The van der Waals surface area contributed by atoms with Crippen LogP contribution in [0.4, 0.5) is 4.79 Å². The topological polar surface area (TPSA) is 84.2 Å². The molecule has 2 aromatic rings. The molecule has 0 fully saturated rings. The highest BCUT2D eigenvalue weighted by atomic mass is 35.5. The van der Waals surface area contributed by atoms with E-state index in [4.69, 9.17) is 28.9 Å². The quantitative estimate of drug-likeness (QED) is 0.735. The van der Waals surface area contributed by atoms with Crippen molar-refractivity contribution in [2.45, 2.75) is 19.0 Å². The van der Waals surface area contributed by atoms with Crippen LogP contribution < -0.4 is 16.4 Å². The van der Waals surface area contributed by atoms with Gasteiger partial charge in [-0.05, 0) is 23.3 Å². The minimum Gasteiger partial charge on any atom is -0.352 e. The van der Waals surface area contributed by atoms with Gasteiger partial charge in [-0.3, -0.25) is 4.79 Å². The average Bonchev–Trinajstić information content (AvgIpc) is 2.53. The number of nitrogens with two attached hydrogens (primary N) is 1. The third-order valence-electron chi connectivity index (χ3n) is 3.38. The van der Waals surface area contributed by atoms with Crippen molar-refractivity contribution in [1.29, 1.82) is 0 Å². The highest BCUT2D eigenvalue weighted by Crippen LogP contribution is 2.20. The van der Waals surface area contributed by atoms with Crippen molar-refractivity contribution in [2.24, 2.45) is 5.73 Å². The van der Waals surface area contributed by atoms with Crippen molar-refractivity contribution >= 4 is 35.1 Å². The zero-order valence-electron chi connectivity index (χ0n) is 12.8. The molecule has 2 rings (SSSR count). The minimum absolute atomic E-state index is 0.223. The van der Waals surface area contributed by atoms with Crippen molar-refractivity contribution in [2.75, 3.05) is 0 Å². The van der Waals surface area contributed by atoms with Crippen molar-refractivity contribution < 1.29 is 9.59 Å². The maximum absolute atomic E-state index is 12.4. The average molecular weight is 366 g/mol.